The zero-order chi connectivity index (χ0) is 14.9. The van der Waals surface area contributed by atoms with Crippen LogP contribution in [0.15, 0.2) is 44.4 Å². The fourth-order valence-corrected chi connectivity index (χ4v) is 4.45. The summed E-state index contributed by atoms with van der Waals surface area (Å²) in [4.78, 5) is 0.228. The zero-order valence-electron chi connectivity index (χ0n) is 11.0. The molecule has 1 aromatic heterocycles. The van der Waals surface area contributed by atoms with Crippen LogP contribution in [0.25, 0.3) is 0 Å². The molecule has 0 atom stereocenters. The highest BCUT2D eigenvalue weighted by Crippen LogP contribution is 2.28. The van der Waals surface area contributed by atoms with Crippen LogP contribution in [0, 0.1) is 6.92 Å². The first-order valence-corrected chi connectivity index (χ1v) is 8.92. The molecule has 0 saturated heterocycles. The van der Waals surface area contributed by atoms with E-state index in [-0.39, 0.29) is 11.4 Å². The number of hydrogen-bond donors (Lipinski definition) is 1. The normalized spacial score (nSPS) is 11.8. The van der Waals surface area contributed by atoms with Gasteiger partial charge in [0.1, 0.15) is 0 Å². The Kier molecular flexibility index (Phi) is 4.73. The highest BCUT2D eigenvalue weighted by atomic mass is 79.9. The largest absolute Gasteiger partial charge is 0.357 e. The van der Waals surface area contributed by atoms with Crippen LogP contribution >= 0.6 is 31.9 Å². The third-order valence-corrected chi connectivity index (χ3v) is 6.08. The van der Waals surface area contributed by atoms with E-state index in [9.17, 15) is 8.42 Å². The first-order chi connectivity index (χ1) is 9.29. The number of sulfonamides is 1. The fraction of sp³-hybridized carbons (Fsp3) is 0.231. The van der Waals surface area contributed by atoms with Crippen LogP contribution in [0.3, 0.4) is 0 Å². The average molecular weight is 422 g/mol. The highest BCUT2D eigenvalue weighted by molar-refractivity contribution is 9.11. The molecule has 0 unspecified atom stereocenters. The Hall–Kier alpha value is -0.630. The molecule has 0 aliphatic rings. The minimum Gasteiger partial charge on any atom is -0.357 e. The second-order valence-electron chi connectivity index (χ2n) is 4.54. The second-order valence-corrected chi connectivity index (χ2v) is 7.99. The van der Waals surface area contributed by atoms with Gasteiger partial charge in [0.25, 0.3) is 0 Å². The van der Waals surface area contributed by atoms with Gasteiger partial charge >= 0.3 is 0 Å². The number of halogens is 2. The average Bonchev–Trinajstić information content (AvgIpc) is 2.77. The lowest BCUT2D eigenvalue weighted by Crippen LogP contribution is -2.23. The summed E-state index contributed by atoms with van der Waals surface area (Å²) in [6.07, 6.45) is 3.75. The summed E-state index contributed by atoms with van der Waals surface area (Å²) in [7, 11) is -1.66. The maximum atomic E-state index is 12.3. The van der Waals surface area contributed by atoms with Crippen LogP contribution < -0.4 is 4.72 Å². The van der Waals surface area contributed by atoms with Crippen LogP contribution in [0.2, 0.25) is 0 Å². The van der Waals surface area contributed by atoms with Crippen molar-refractivity contribution in [3.05, 3.63) is 50.7 Å². The van der Waals surface area contributed by atoms with Crippen molar-refractivity contribution >= 4 is 41.9 Å². The lowest BCUT2D eigenvalue weighted by Gasteiger charge is -2.10. The molecule has 0 radical (unpaired) electrons. The van der Waals surface area contributed by atoms with E-state index in [1.807, 2.05) is 37.0 Å². The Morgan fingerprint density at radius 1 is 1.25 bits per heavy atom. The van der Waals surface area contributed by atoms with E-state index in [0.29, 0.717) is 4.47 Å². The van der Waals surface area contributed by atoms with Gasteiger partial charge in [-0.2, -0.15) is 0 Å². The lowest BCUT2D eigenvalue weighted by atomic mass is 10.2. The number of benzene rings is 1. The number of hydrogen-bond acceptors (Lipinski definition) is 2. The van der Waals surface area contributed by atoms with Gasteiger partial charge < -0.3 is 4.57 Å². The molecular formula is C13H14Br2N2O2S. The number of nitrogens with zero attached hydrogens (tertiary/aromatic N) is 1. The minimum absolute atomic E-state index is 0.228. The van der Waals surface area contributed by atoms with E-state index < -0.39 is 10.0 Å². The van der Waals surface area contributed by atoms with Crippen LogP contribution in [0.5, 0.6) is 0 Å². The molecule has 0 spiro atoms. The smallest absolute Gasteiger partial charge is 0.242 e. The summed E-state index contributed by atoms with van der Waals surface area (Å²) in [6.45, 7) is 2.17. The standard InChI is InChI=1S/C13H14Br2N2O2S/c1-9-5-12(15)13(6-11(9)14)20(18,19)16-7-10-3-4-17(2)8-10/h3-6,8,16H,7H2,1-2H3. The van der Waals surface area contributed by atoms with Gasteiger partial charge in [-0.25, -0.2) is 13.1 Å². The molecule has 0 aliphatic carbocycles. The van der Waals surface area contributed by atoms with E-state index >= 15 is 0 Å². The number of aromatic nitrogens is 1. The monoisotopic (exact) mass is 420 g/mol. The fourth-order valence-electron chi connectivity index (χ4n) is 1.76. The highest BCUT2D eigenvalue weighted by Gasteiger charge is 2.18. The van der Waals surface area contributed by atoms with Crippen LogP contribution in [-0.2, 0) is 23.6 Å². The molecule has 0 amide bonds. The number of rotatable bonds is 4. The summed E-state index contributed by atoms with van der Waals surface area (Å²) < 4.78 is 30.5. The number of nitrogens with one attached hydrogen (secondary N) is 1. The second kappa shape index (κ2) is 6.01. The SMILES string of the molecule is Cc1cc(Br)c(S(=O)(=O)NCc2ccn(C)c2)cc1Br. The summed E-state index contributed by atoms with van der Waals surface area (Å²) in [6, 6.07) is 5.26. The molecule has 1 aromatic carbocycles. The van der Waals surface area contributed by atoms with Gasteiger partial charge in [0.15, 0.2) is 0 Å². The maximum Gasteiger partial charge on any atom is 0.242 e. The first-order valence-electron chi connectivity index (χ1n) is 5.86. The maximum absolute atomic E-state index is 12.3. The predicted molar refractivity (Wildman–Crippen MR) is 86.0 cm³/mol. The van der Waals surface area contributed by atoms with Crippen molar-refractivity contribution in [3.8, 4) is 0 Å². The van der Waals surface area contributed by atoms with Crippen molar-refractivity contribution in [2.45, 2.75) is 18.4 Å². The quantitative estimate of drug-likeness (QED) is 0.822. The Balaban J connectivity index is 2.24. The van der Waals surface area contributed by atoms with Crippen molar-refractivity contribution in [3.63, 3.8) is 0 Å². The van der Waals surface area contributed by atoms with Gasteiger partial charge in [-0.05, 0) is 52.2 Å². The Morgan fingerprint density at radius 3 is 2.55 bits per heavy atom. The summed E-state index contributed by atoms with van der Waals surface area (Å²) in [5.74, 6) is 0. The predicted octanol–water partition coefficient (Wildman–Crippen LogP) is 3.34. The van der Waals surface area contributed by atoms with E-state index in [0.717, 1.165) is 15.6 Å². The molecular weight excluding hydrogens is 408 g/mol. The molecule has 0 fully saturated rings. The molecule has 2 rings (SSSR count). The van der Waals surface area contributed by atoms with Crippen molar-refractivity contribution in [2.24, 2.45) is 7.05 Å². The topological polar surface area (TPSA) is 51.1 Å². The lowest BCUT2D eigenvalue weighted by molar-refractivity contribution is 0.580. The van der Waals surface area contributed by atoms with Gasteiger partial charge in [0, 0.05) is 34.9 Å². The molecule has 2 aromatic rings. The molecule has 0 saturated carbocycles. The van der Waals surface area contributed by atoms with E-state index in [4.69, 9.17) is 0 Å². The molecule has 0 aliphatic heterocycles. The van der Waals surface area contributed by atoms with Gasteiger partial charge in [-0.1, -0.05) is 15.9 Å². The van der Waals surface area contributed by atoms with Crippen LogP contribution in [0.1, 0.15) is 11.1 Å². The molecule has 1 heterocycles. The third kappa shape index (κ3) is 3.52. The van der Waals surface area contributed by atoms with Crippen LogP contribution in [-0.4, -0.2) is 13.0 Å². The van der Waals surface area contributed by atoms with Gasteiger partial charge in [-0.15, -0.1) is 0 Å². The van der Waals surface area contributed by atoms with E-state index in [1.54, 1.807) is 12.1 Å². The Bertz CT molecular complexity index is 739. The molecule has 1 N–H and O–H groups in total. The zero-order valence-corrected chi connectivity index (χ0v) is 15.0. The molecule has 0 bridgehead atoms. The molecule has 7 heteroatoms. The molecule has 20 heavy (non-hydrogen) atoms. The van der Waals surface area contributed by atoms with Crippen molar-refractivity contribution < 1.29 is 8.42 Å². The van der Waals surface area contributed by atoms with Crippen molar-refractivity contribution in [1.29, 1.82) is 0 Å². The van der Waals surface area contributed by atoms with E-state index in [1.165, 1.54) is 0 Å². The van der Waals surface area contributed by atoms with Gasteiger partial charge in [0.2, 0.25) is 10.0 Å². The molecule has 108 valence electrons. The Morgan fingerprint density at radius 2 is 1.95 bits per heavy atom. The summed E-state index contributed by atoms with van der Waals surface area (Å²) in [5, 5.41) is 0. The van der Waals surface area contributed by atoms with E-state index in [2.05, 4.69) is 36.6 Å². The van der Waals surface area contributed by atoms with Crippen molar-refractivity contribution in [1.82, 2.24) is 9.29 Å². The Labute approximate surface area is 135 Å². The third-order valence-electron chi connectivity index (χ3n) is 2.86. The minimum atomic E-state index is -3.56. The molecule has 4 nitrogen and oxygen atoms in total. The first kappa shape index (κ1) is 15.8. The summed E-state index contributed by atoms with van der Waals surface area (Å²) in [5.41, 5.74) is 1.89. The van der Waals surface area contributed by atoms with Crippen LogP contribution in [0.4, 0.5) is 0 Å². The van der Waals surface area contributed by atoms with Gasteiger partial charge in [-0.3, -0.25) is 0 Å². The van der Waals surface area contributed by atoms with Gasteiger partial charge in [0.05, 0.1) is 4.90 Å². The van der Waals surface area contributed by atoms with Crippen molar-refractivity contribution in [2.75, 3.05) is 0 Å². The summed E-state index contributed by atoms with van der Waals surface area (Å²) >= 11 is 6.66. The number of aryl methyl sites for hydroxylation is 2.